The fourth-order valence-corrected chi connectivity index (χ4v) is 2.83. The van der Waals surface area contributed by atoms with Gasteiger partial charge in [0.05, 0.1) is 6.20 Å². The summed E-state index contributed by atoms with van der Waals surface area (Å²) in [6.07, 6.45) is 3.74. The van der Waals surface area contributed by atoms with Crippen molar-refractivity contribution in [2.45, 2.75) is 26.3 Å². The molecule has 0 fully saturated rings. The molecular formula is C16H19N3O2. The van der Waals surface area contributed by atoms with Crippen LogP contribution in [0.5, 0.6) is 5.75 Å². The van der Waals surface area contributed by atoms with E-state index in [1.165, 1.54) is 5.69 Å². The Kier molecular flexibility index (Phi) is 3.41. The minimum atomic E-state index is 0.00908. The molecule has 21 heavy (non-hydrogen) atoms. The summed E-state index contributed by atoms with van der Waals surface area (Å²) in [5, 5.41) is 13.9. The molecule has 0 saturated heterocycles. The lowest BCUT2D eigenvalue weighted by atomic mass is 10.1. The summed E-state index contributed by atoms with van der Waals surface area (Å²) in [4.78, 5) is 14.5. The summed E-state index contributed by atoms with van der Waals surface area (Å²) in [7, 11) is 1.94. The van der Waals surface area contributed by atoms with Crippen LogP contribution >= 0.6 is 0 Å². The fraction of sp³-hybridized carbons (Fsp3) is 0.375. The smallest absolute Gasteiger partial charge is 0.254 e. The number of aromatic nitrogens is 2. The number of benzene rings is 1. The molecule has 3 rings (SSSR count). The maximum Gasteiger partial charge on any atom is 0.254 e. The van der Waals surface area contributed by atoms with E-state index in [1.54, 1.807) is 25.1 Å². The van der Waals surface area contributed by atoms with Gasteiger partial charge in [-0.3, -0.25) is 9.48 Å². The number of aryl methyl sites for hydroxylation is 2. The Balaban J connectivity index is 1.86. The van der Waals surface area contributed by atoms with Crippen LogP contribution in [0.15, 0.2) is 24.4 Å². The second kappa shape index (κ2) is 5.24. The molecule has 0 saturated carbocycles. The highest BCUT2D eigenvalue weighted by Gasteiger charge is 2.22. The van der Waals surface area contributed by atoms with Crippen LogP contribution in [0.25, 0.3) is 0 Å². The van der Waals surface area contributed by atoms with E-state index >= 15 is 0 Å². The van der Waals surface area contributed by atoms with Crippen molar-refractivity contribution in [1.29, 1.82) is 0 Å². The first-order chi connectivity index (χ1) is 10.1. The van der Waals surface area contributed by atoms with Crippen molar-refractivity contribution >= 4 is 5.91 Å². The van der Waals surface area contributed by atoms with Gasteiger partial charge >= 0.3 is 0 Å². The summed E-state index contributed by atoms with van der Waals surface area (Å²) >= 11 is 0. The molecule has 1 aromatic carbocycles. The average Bonchev–Trinajstić information content (AvgIpc) is 2.70. The lowest BCUT2D eigenvalue weighted by molar-refractivity contribution is 0.0745. The third-order valence-electron chi connectivity index (χ3n) is 4.08. The highest BCUT2D eigenvalue weighted by molar-refractivity contribution is 5.94. The molecule has 5 nitrogen and oxygen atoms in total. The number of carbonyl (C=O) groups is 1. The number of aromatic hydroxyl groups is 1. The fourth-order valence-electron chi connectivity index (χ4n) is 2.83. The molecule has 1 aliphatic rings. The Morgan fingerprint density at radius 1 is 1.38 bits per heavy atom. The summed E-state index contributed by atoms with van der Waals surface area (Å²) < 4.78 is 1.90. The van der Waals surface area contributed by atoms with Gasteiger partial charge in [-0.25, -0.2) is 0 Å². The zero-order chi connectivity index (χ0) is 15.0. The van der Waals surface area contributed by atoms with Crippen molar-refractivity contribution in [1.82, 2.24) is 14.7 Å². The maximum atomic E-state index is 12.6. The number of hydrogen-bond donors (Lipinski definition) is 1. The molecule has 0 aliphatic carbocycles. The van der Waals surface area contributed by atoms with Crippen LogP contribution < -0.4 is 0 Å². The van der Waals surface area contributed by atoms with Gasteiger partial charge in [0.1, 0.15) is 5.75 Å². The number of phenolic OH excluding ortho intramolecular Hbond substituents is 1. The minimum Gasteiger partial charge on any atom is -0.508 e. The molecule has 110 valence electrons. The van der Waals surface area contributed by atoms with E-state index in [9.17, 15) is 9.90 Å². The van der Waals surface area contributed by atoms with Gasteiger partial charge < -0.3 is 10.0 Å². The van der Waals surface area contributed by atoms with Crippen LogP contribution in [0.3, 0.4) is 0 Å². The van der Waals surface area contributed by atoms with E-state index in [0.717, 1.165) is 30.5 Å². The molecular weight excluding hydrogens is 266 g/mol. The number of fused-ring (bicyclic) bond motifs is 1. The van der Waals surface area contributed by atoms with Crippen LogP contribution in [-0.2, 0) is 20.0 Å². The number of rotatable bonds is 1. The second-order valence-corrected chi connectivity index (χ2v) is 5.57. The molecule has 0 bridgehead atoms. The molecule has 2 aromatic rings. The first-order valence-corrected chi connectivity index (χ1v) is 7.15. The zero-order valence-electron chi connectivity index (χ0n) is 12.3. The van der Waals surface area contributed by atoms with E-state index < -0.39 is 0 Å². The van der Waals surface area contributed by atoms with E-state index in [0.29, 0.717) is 12.1 Å². The van der Waals surface area contributed by atoms with Gasteiger partial charge in [-0.05, 0) is 43.5 Å². The highest BCUT2D eigenvalue weighted by Crippen LogP contribution is 2.22. The van der Waals surface area contributed by atoms with E-state index in [1.807, 2.05) is 22.8 Å². The lowest BCUT2D eigenvalue weighted by Gasteiger charge is -2.20. The van der Waals surface area contributed by atoms with Crippen LogP contribution in [0.2, 0.25) is 0 Å². The summed E-state index contributed by atoms with van der Waals surface area (Å²) in [5.74, 6) is 0.228. The summed E-state index contributed by atoms with van der Waals surface area (Å²) in [5.41, 5.74) is 3.68. The molecule has 0 spiro atoms. The monoisotopic (exact) mass is 285 g/mol. The normalized spacial score (nSPS) is 14.7. The standard InChI is InChI=1S/C16H19N3O2/c1-11-8-12(5-6-15(11)20)16(21)19-7-3-4-14-13(10-19)9-17-18(14)2/h5-6,8-9,20H,3-4,7,10H2,1-2H3. The number of carbonyl (C=O) groups excluding carboxylic acids is 1. The van der Waals surface area contributed by atoms with Crippen LogP contribution in [0.4, 0.5) is 0 Å². The van der Waals surface area contributed by atoms with E-state index in [4.69, 9.17) is 0 Å². The predicted octanol–water partition coefficient (Wildman–Crippen LogP) is 2.02. The van der Waals surface area contributed by atoms with Crippen LogP contribution in [-0.4, -0.2) is 32.2 Å². The van der Waals surface area contributed by atoms with Gasteiger partial charge in [0.15, 0.2) is 0 Å². The maximum absolute atomic E-state index is 12.6. The molecule has 1 N–H and O–H groups in total. The lowest BCUT2D eigenvalue weighted by Crippen LogP contribution is -2.30. The van der Waals surface area contributed by atoms with Crippen molar-refractivity contribution in [2.24, 2.45) is 7.05 Å². The van der Waals surface area contributed by atoms with Gasteiger partial charge in [-0.1, -0.05) is 0 Å². The second-order valence-electron chi connectivity index (χ2n) is 5.57. The molecule has 5 heteroatoms. The first kappa shape index (κ1) is 13.7. The topological polar surface area (TPSA) is 58.4 Å². The number of hydrogen-bond acceptors (Lipinski definition) is 3. The SMILES string of the molecule is Cc1cc(C(=O)N2CCCc3c(cnn3C)C2)ccc1O. The number of phenols is 1. The minimum absolute atomic E-state index is 0.00908. The summed E-state index contributed by atoms with van der Waals surface area (Å²) in [6.45, 7) is 3.14. The average molecular weight is 285 g/mol. The largest absolute Gasteiger partial charge is 0.508 e. The first-order valence-electron chi connectivity index (χ1n) is 7.15. The Morgan fingerprint density at radius 2 is 2.19 bits per heavy atom. The Bertz CT molecular complexity index is 691. The molecule has 1 amide bonds. The van der Waals surface area contributed by atoms with Gasteiger partial charge in [0.25, 0.3) is 5.91 Å². The molecule has 0 unspecified atom stereocenters. The van der Waals surface area contributed by atoms with Crippen molar-refractivity contribution in [3.05, 3.63) is 46.8 Å². The molecule has 0 radical (unpaired) electrons. The summed E-state index contributed by atoms with van der Waals surface area (Å²) in [6, 6.07) is 5.00. The van der Waals surface area contributed by atoms with Crippen molar-refractivity contribution in [2.75, 3.05) is 6.54 Å². The third-order valence-corrected chi connectivity index (χ3v) is 4.08. The zero-order valence-corrected chi connectivity index (χ0v) is 12.3. The highest BCUT2D eigenvalue weighted by atomic mass is 16.3. The van der Waals surface area contributed by atoms with Crippen molar-refractivity contribution in [3.63, 3.8) is 0 Å². The predicted molar refractivity (Wildman–Crippen MR) is 79.1 cm³/mol. The number of nitrogens with zero attached hydrogens (tertiary/aromatic N) is 3. The molecule has 1 aliphatic heterocycles. The van der Waals surface area contributed by atoms with Gasteiger partial charge in [0, 0.05) is 37.0 Å². The van der Waals surface area contributed by atoms with Crippen LogP contribution in [0.1, 0.15) is 33.6 Å². The quantitative estimate of drug-likeness (QED) is 0.872. The molecule has 2 heterocycles. The van der Waals surface area contributed by atoms with Gasteiger partial charge in [0.2, 0.25) is 0 Å². The Labute approximate surface area is 123 Å². The molecule has 0 atom stereocenters. The Morgan fingerprint density at radius 3 is 2.95 bits per heavy atom. The molecule has 1 aromatic heterocycles. The van der Waals surface area contributed by atoms with Crippen molar-refractivity contribution in [3.8, 4) is 5.75 Å². The van der Waals surface area contributed by atoms with E-state index in [-0.39, 0.29) is 11.7 Å². The van der Waals surface area contributed by atoms with Gasteiger partial charge in [-0.2, -0.15) is 5.10 Å². The number of amides is 1. The Hall–Kier alpha value is -2.30. The van der Waals surface area contributed by atoms with Crippen molar-refractivity contribution < 1.29 is 9.90 Å². The third kappa shape index (κ3) is 2.51. The van der Waals surface area contributed by atoms with E-state index in [2.05, 4.69) is 5.10 Å². The van der Waals surface area contributed by atoms with Gasteiger partial charge in [-0.15, -0.1) is 0 Å². The van der Waals surface area contributed by atoms with Crippen LogP contribution in [0, 0.1) is 6.92 Å².